The van der Waals surface area contributed by atoms with Crippen LogP contribution >= 0.6 is 0 Å². The molecule has 1 aromatic rings. The minimum Gasteiger partial charge on any atom is -0.376 e. The second-order valence-electron chi connectivity index (χ2n) is 4.48. The Balaban J connectivity index is 2.00. The molecule has 1 fully saturated rings. The predicted molar refractivity (Wildman–Crippen MR) is 69.7 cm³/mol. The van der Waals surface area contributed by atoms with Gasteiger partial charge in [-0.3, -0.25) is 4.79 Å². The molecule has 1 amide bonds. The van der Waals surface area contributed by atoms with Crippen molar-refractivity contribution in [1.29, 1.82) is 0 Å². The number of rotatable bonds is 4. The first-order valence-corrected chi connectivity index (χ1v) is 6.22. The number of anilines is 1. The highest BCUT2D eigenvalue weighted by atomic mass is 16.5. The first-order valence-electron chi connectivity index (χ1n) is 6.22. The molecule has 1 aliphatic rings. The van der Waals surface area contributed by atoms with E-state index in [0.717, 1.165) is 19.4 Å². The van der Waals surface area contributed by atoms with Gasteiger partial charge in [0.05, 0.1) is 6.10 Å². The summed E-state index contributed by atoms with van der Waals surface area (Å²) in [5.41, 5.74) is 0.461. The maximum absolute atomic E-state index is 12.2. The molecule has 0 saturated carbocycles. The largest absolute Gasteiger partial charge is 0.376 e. The van der Waals surface area contributed by atoms with Gasteiger partial charge < -0.3 is 15.0 Å². The van der Waals surface area contributed by atoms with Gasteiger partial charge in [0.2, 0.25) is 0 Å². The number of nitrogens with one attached hydrogen (secondary N) is 1. The van der Waals surface area contributed by atoms with Crippen molar-refractivity contribution < 1.29 is 9.53 Å². The number of pyridine rings is 1. The Morgan fingerprint density at radius 3 is 3.11 bits per heavy atom. The average Bonchev–Trinajstić information content (AvgIpc) is 2.90. The molecule has 5 heteroatoms. The summed E-state index contributed by atoms with van der Waals surface area (Å²) in [5, 5.41) is 2.93. The molecule has 0 aromatic carbocycles. The van der Waals surface area contributed by atoms with E-state index in [2.05, 4.69) is 10.3 Å². The lowest BCUT2D eigenvalue weighted by Gasteiger charge is -2.20. The predicted octanol–water partition coefficient (Wildman–Crippen LogP) is 1.37. The van der Waals surface area contributed by atoms with Crippen molar-refractivity contribution in [2.75, 3.05) is 32.6 Å². The average molecular weight is 249 g/mol. The zero-order valence-corrected chi connectivity index (χ0v) is 10.8. The van der Waals surface area contributed by atoms with Crippen molar-refractivity contribution >= 4 is 11.7 Å². The minimum absolute atomic E-state index is 0.0670. The maximum atomic E-state index is 12.2. The number of carbonyl (C=O) groups is 1. The number of ether oxygens (including phenoxy) is 1. The lowest BCUT2D eigenvalue weighted by atomic mass is 10.2. The van der Waals surface area contributed by atoms with Gasteiger partial charge >= 0.3 is 0 Å². The van der Waals surface area contributed by atoms with Gasteiger partial charge in [0.1, 0.15) is 11.5 Å². The van der Waals surface area contributed by atoms with E-state index in [1.165, 1.54) is 0 Å². The Bertz CT molecular complexity index is 416. The first-order chi connectivity index (χ1) is 8.70. The summed E-state index contributed by atoms with van der Waals surface area (Å²) in [7, 11) is 3.57. The fourth-order valence-electron chi connectivity index (χ4n) is 2.07. The standard InChI is InChI=1S/C13H19N3O2/c1-14-12-7-3-6-11(15-12)13(17)16(2)9-10-5-4-8-18-10/h3,6-7,10H,4-5,8-9H2,1-2H3,(H,14,15). The van der Waals surface area contributed by atoms with Gasteiger partial charge in [-0.05, 0) is 25.0 Å². The maximum Gasteiger partial charge on any atom is 0.272 e. The fourth-order valence-corrected chi connectivity index (χ4v) is 2.07. The van der Waals surface area contributed by atoms with Gasteiger partial charge in [-0.2, -0.15) is 0 Å². The normalized spacial score (nSPS) is 18.7. The number of aromatic nitrogens is 1. The molecule has 1 saturated heterocycles. The Morgan fingerprint density at radius 2 is 2.44 bits per heavy atom. The van der Waals surface area contributed by atoms with E-state index < -0.39 is 0 Å². The van der Waals surface area contributed by atoms with Crippen LogP contribution in [0.2, 0.25) is 0 Å². The van der Waals surface area contributed by atoms with Crippen LogP contribution in [0.15, 0.2) is 18.2 Å². The number of hydrogen-bond acceptors (Lipinski definition) is 4. The van der Waals surface area contributed by atoms with Gasteiger partial charge in [0, 0.05) is 27.2 Å². The highest BCUT2D eigenvalue weighted by Crippen LogP contribution is 2.14. The number of hydrogen-bond donors (Lipinski definition) is 1. The van der Waals surface area contributed by atoms with Gasteiger partial charge in [-0.1, -0.05) is 6.07 Å². The third kappa shape index (κ3) is 2.98. The molecule has 1 atom stereocenters. The van der Waals surface area contributed by atoms with Crippen LogP contribution in [0.3, 0.4) is 0 Å². The molecule has 18 heavy (non-hydrogen) atoms. The zero-order chi connectivity index (χ0) is 13.0. The zero-order valence-electron chi connectivity index (χ0n) is 10.8. The highest BCUT2D eigenvalue weighted by molar-refractivity contribution is 5.92. The van der Waals surface area contributed by atoms with E-state index in [1.807, 2.05) is 12.1 Å². The van der Waals surface area contributed by atoms with E-state index in [4.69, 9.17) is 4.74 Å². The topological polar surface area (TPSA) is 54.5 Å². The third-order valence-corrected chi connectivity index (χ3v) is 3.07. The Hall–Kier alpha value is -1.62. The summed E-state index contributed by atoms with van der Waals surface area (Å²) in [4.78, 5) is 18.1. The van der Waals surface area contributed by atoms with Gasteiger partial charge in [0.25, 0.3) is 5.91 Å². The van der Waals surface area contributed by atoms with Crippen molar-refractivity contribution in [2.45, 2.75) is 18.9 Å². The third-order valence-electron chi connectivity index (χ3n) is 3.07. The molecule has 0 spiro atoms. The number of nitrogens with zero attached hydrogens (tertiary/aromatic N) is 2. The van der Waals surface area contributed by atoms with Gasteiger partial charge in [-0.15, -0.1) is 0 Å². The molecule has 98 valence electrons. The van der Waals surface area contributed by atoms with Crippen molar-refractivity contribution in [2.24, 2.45) is 0 Å². The van der Waals surface area contributed by atoms with E-state index in [1.54, 1.807) is 25.1 Å². The van der Waals surface area contributed by atoms with Crippen LogP contribution in [-0.2, 0) is 4.74 Å². The molecule has 2 heterocycles. The minimum atomic E-state index is -0.0670. The van der Waals surface area contributed by atoms with Gasteiger partial charge in [-0.25, -0.2) is 4.98 Å². The molecule has 1 aliphatic heterocycles. The van der Waals surface area contributed by atoms with E-state index in [-0.39, 0.29) is 12.0 Å². The van der Waals surface area contributed by atoms with E-state index in [9.17, 15) is 4.79 Å². The Labute approximate surface area is 107 Å². The molecule has 1 aromatic heterocycles. The van der Waals surface area contributed by atoms with Crippen molar-refractivity contribution in [3.8, 4) is 0 Å². The van der Waals surface area contributed by atoms with E-state index in [0.29, 0.717) is 18.1 Å². The van der Waals surface area contributed by atoms with Crippen LogP contribution in [0.4, 0.5) is 5.82 Å². The first kappa shape index (κ1) is 12.8. The second-order valence-corrected chi connectivity index (χ2v) is 4.48. The van der Waals surface area contributed by atoms with Crippen LogP contribution in [0.5, 0.6) is 0 Å². The quantitative estimate of drug-likeness (QED) is 0.875. The van der Waals surface area contributed by atoms with E-state index >= 15 is 0 Å². The summed E-state index contributed by atoms with van der Waals surface area (Å²) in [6.45, 7) is 1.44. The monoisotopic (exact) mass is 249 g/mol. The highest BCUT2D eigenvalue weighted by Gasteiger charge is 2.21. The summed E-state index contributed by atoms with van der Waals surface area (Å²) in [5.74, 6) is 0.633. The molecular formula is C13H19N3O2. The fraction of sp³-hybridized carbons (Fsp3) is 0.538. The van der Waals surface area contributed by atoms with Gasteiger partial charge in [0.15, 0.2) is 0 Å². The molecule has 0 radical (unpaired) electrons. The molecule has 2 rings (SSSR count). The Morgan fingerprint density at radius 1 is 1.61 bits per heavy atom. The Kier molecular flexibility index (Phi) is 4.15. The van der Waals surface area contributed by atoms with Crippen LogP contribution in [-0.4, -0.2) is 49.1 Å². The van der Waals surface area contributed by atoms with Crippen LogP contribution in [0.1, 0.15) is 23.3 Å². The number of amides is 1. The summed E-state index contributed by atoms with van der Waals surface area (Å²) in [6.07, 6.45) is 2.29. The molecule has 1 unspecified atom stereocenters. The van der Waals surface area contributed by atoms with Crippen LogP contribution in [0, 0.1) is 0 Å². The molecule has 5 nitrogen and oxygen atoms in total. The molecule has 0 aliphatic carbocycles. The molecule has 0 bridgehead atoms. The second kappa shape index (κ2) is 5.82. The SMILES string of the molecule is CNc1cccc(C(=O)N(C)CC2CCCO2)n1. The lowest BCUT2D eigenvalue weighted by molar-refractivity contribution is 0.0583. The lowest BCUT2D eigenvalue weighted by Crippen LogP contribution is -2.34. The molecular weight excluding hydrogens is 230 g/mol. The van der Waals surface area contributed by atoms with Crippen LogP contribution in [0.25, 0.3) is 0 Å². The summed E-state index contributed by atoms with van der Waals surface area (Å²) in [6, 6.07) is 5.39. The summed E-state index contributed by atoms with van der Waals surface area (Å²) < 4.78 is 5.53. The molecule has 1 N–H and O–H groups in total. The summed E-state index contributed by atoms with van der Waals surface area (Å²) >= 11 is 0. The smallest absolute Gasteiger partial charge is 0.272 e. The van der Waals surface area contributed by atoms with Crippen molar-refractivity contribution in [1.82, 2.24) is 9.88 Å². The van der Waals surface area contributed by atoms with Crippen molar-refractivity contribution in [3.05, 3.63) is 23.9 Å². The number of likely N-dealkylation sites (N-methyl/N-ethyl adjacent to an activating group) is 1. The van der Waals surface area contributed by atoms with Crippen LogP contribution < -0.4 is 5.32 Å². The van der Waals surface area contributed by atoms with Crippen molar-refractivity contribution in [3.63, 3.8) is 0 Å². The number of carbonyl (C=O) groups excluding carboxylic acids is 1.